The number of carbonyl (C=O) groups excluding carboxylic acids is 2. The third-order valence-electron chi connectivity index (χ3n) is 4.69. The fourth-order valence-corrected chi connectivity index (χ4v) is 3.77. The molecule has 3 rings (SSSR count). The van der Waals surface area contributed by atoms with E-state index in [2.05, 4.69) is 21.2 Å². The molecular weight excluding hydrogens is 513 g/mol. The molecule has 1 aliphatic heterocycles. The van der Waals surface area contributed by atoms with Gasteiger partial charge in [0.1, 0.15) is 17.5 Å². The predicted molar refractivity (Wildman–Crippen MR) is 118 cm³/mol. The van der Waals surface area contributed by atoms with Crippen LogP contribution in [-0.2, 0) is 22.0 Å². The van der Waals surface area contributed by atoms with Crippen LogP contribution in [0.1, 0.15) is 38.3 Å². The van der Waals surface area contributed by atoms with Gasteiger partial charge in [0.15, 0.2) is 0 Å². The molecule has 0 fully saturated rings. The quantitative estimate of drug-likeness (QED) is 0.514. The van der Waals surface area contributed by atoms with Crippen LogP contribution < -0.4 is 10.2 Å². The molecule has 10 heteroatoms. The average molecular weight is 534 g/mol. The molecule has 1 N–H and O–H groups in total. The highest BCUT2D eigenvalue weighted by Crippen LogP contribution is 2.44. The van der Waals surface area contributed by atoms with E-state index >= 15 is 8.78 Å². The Morgan fingerprint density at radius 2 is 1.91 bits per heavy atom. The van der Waals surface area contributed by atoms with Gasteiger partial charge in [0.05, 0.1) is 16.7 Å². The Hall–Kier alpha value is -2.26. The lowest BCUT2D eigenvalue weighted by Crippen LogP contribution is -2.49. The number of alkyl carbamates (subject to hydrolysis) is 1. The molecule has 0 aliphatic carbocycles. The molecule has 1 heterocycles. The van der Waals surface area contributed by atoms with Crippen molar-refractivity contribution < 1.29 is 27.5 Å². The summed E-state index contributed by atoms with van der Waals surface area (Å²) < 4.78 is 49.6. The number of alkyl halides is 2. The van der Waals surface area contributed by atoms with Gasteiger partial charge in [0.25, 0.3) is 5.92 Å². The maximum atomic E-state index is 15.2. The summed E-state index contributed by atoms with van der Waals surface area (Å²) in [5, 5.41) is 2.72. The molecule has 1 aliphatic rings. The van der Waals surface area contributed by atoms with Gasteiger partial charge in [0.2, 0.25) is 5.91 Å². The first-order chi connectivity index (χ1) is 14.8. The summed E-state index contributed by atoms with van der Waals surface area (Å²) in [5.74, 6) is -5.26. The smallest absolute Gasteiger partial charge is 0.408 e. The Balaban J connectivity index is 2.05. The summed E-state index contributed by atoms with van der Waals surface area (Å²) in [5.41, 5.74) is -1.08. The Morgan fingerprint density at radius 1 is 1.28 bits per heavy atom. The van der Waals surface area contributed by atoms with Gasteiger partial charge < -0.3 is 15.0 Å². The number of hydrogen-bond donors (Lipinski definition) is 1. The first kappa shape index (κ1) is 24.4. The number of halogens is 5. The summed E-state index contributed by atoms with van der Waals surface area (Å²) in [6.07, 6.45) is -2.05. The average Bonchev–Trinajstić information content (AvgIpc) is 2.72. The van der Waals surface area contributed by atoms with Crippen molar-refractivity contribution in [2.75, 3.05) is 4.90 Å². The summed E-state index contributed by atoms with van der Waals surface area (Å²) >= 11 is 8.91. The van der Waals surface area contributed by atoms with Gasteiger partial charge in [-0.25, -0.2) is 18.0 Å². The van der Waals surface area contributed by atoms with Gasteiger partial charge in [-0.1, -0.05) is 23.7 Å². The first-order valence-electron chi connectivity index (χ1n) is 9.69. The van der Waals surface area contributed by atoms with Crippen LogP contribution in [0.25, 0.3) is 0 Å². The maximum Gasteiger partial charge on any atom is 0.408 e. The first-order valence-corrected chi connectivity index (χ1v) is 10.9. The van der Waals surface area contributed by atoms with Gasteiger partial charge in [-0.3, -0.25) is 4.79 Å². The summed E-state index contributed by atoms with van der Waals surface area (Å²) in [6, 6.07) is 6.75. The molecule has 5 nitrogen and oxygen atoms in total. The monoisotopic (exact) mass is 532 g/mol. The number of hydrogen-bond acceptors (Lipinski definition) is 3. The van der Waals surface area contributed by atoms with E-state index in [9.17, 15) is 14.0 Å². The maximum absolute atomic E-state index is 15.2. The van der Waals surface area contributed by atoms with Gasteiger partial charge in [-0.15, -0.1) is 0 Å². The fraction of sp³-hybridized carbons (Fsp3) is 0.364. The van der Waals surface area contributed by atoms with Crippen molar-refractivity contribution in [3.63, 3.8) is 0 Å². The van der Waals surface area contributed by atoms with E-state index in [0.717, 1.165) is 11.0 Å². The van der Waals surface area contributed by atoms with Crippen LogP contribution in [0.3, 0.4) is 0 Å². The lowest BCUT2D eigenvalue weighted by atomic mass is 10.0. The standard InChI is InChI=1S/C22H21BrClF3N2O3/c1-21(2,3)32-20(31)28-17-10-22(26,27)14-8-16(25)15(23)9-18(14)29(19(17)30)11-12-4-6-13(24)7-5-12/h4-9,17H,10-11H2,1-3H3,(H,28,31). The van der Waals surface area contributed by atoms with Crippen molar-refractivity contribution in [2.45, 2.75) is 51.3 Å². The number of nitrogens with zero attached hydrogens (tertiary/aromatic N) is 1. The number of fused-ring (bicyclic) bond motifs is 1. The summed E-state index contributed by atoms with van der Waals surface area (Å²) in [6.45, 7) is 4.74. The number of ether oxygens (including phenoxy) is 1. The third-order valence-corrected chi connectivity index (χ3v) is 5.55. The Kier molecular flexibility index (Phi) is 6.81. The predicted octanol–water partition coefficient (Wildman–Crippen LogP) is 6.16. The topological polar surface area (TPSA) is 58.6 Å². The molecule has 172 valence electrons. The van der Waals surface area contributed by atoms with E-state index in [-0.39, 0.29) is 16.7 Å². The number of rotatable bonds is 3. The Morgan fingerprint density at radius 3 is 2.50 bits per heavy atom. The summed E-state index contributed by atoms with van der Waals surface area (Å²) in [7, 11) is 0. The second kappa shape index (κ2) is 8.94. The zero-order valence-corrected chi connectivity index (χ0v) is 19.9. The zero-order chi connectivity index (χ0) is 23.8. The molecule has 0 aromatic heterocycles. The van der Waals surface area contributed by atoms with Gasteiger partial charge >= 0.3 is 6.09 Å². The SMILES string of the molecule is CC(C)(C)OC(=O)NC1CC(F)(F)c2cc(F)c(Br)cc2N(Cc2ccc(Cl)cc2)C1=O. The van der Waals surface area contributed by atoms with Crippen molar-refractivity contribution in [1.82, 2.24) is 5.32 Å². The van der Waals surface area contributed by atoms with E-state index in [0.29, 0.717) is 16.7 Å². The van der Waals surface area contributed by atoms with Crippen molar-refractivity contribution in [3.8, 4) is 0 Å². The van der Waals surface area contributed by atoms with Crippen LogP contribution in [0, 0.1) is 5.82 Å². The van der Waals surface area contributed by atoms with E-state index < -0.39 is 47.4 Å². The van der Waals surface area contributed by atoms with Crippen LogP contribution in [0.5, 0.6) is 0 Å². The molecule has 0 saturated heterocycles. The normalized spacial score (nSPS) is 18.1. The number of anilines is 1. The minimum atomic E-state index is -3.60. The third kappa shape index (κ3) is 5.56. The zero-order valence-electron chi connectivity index (χ0n) is 17.5. The molecular formula is C22H21BrClF3N2O3. The second-order valence-electron chi connectivity index (χ2n) is 8.44. The van der Waals surface area contributed by atoms with E-state index in [1.54, 1.807) is 45.0 Å². The van der Waals surface area contributed by atoms with Crippen LogP contribution >= 0.6 is 27.5 Å². The second-order valence-corrected chi connectivity index (χ2v) is 9.73. The minimum absolute atomic E-state index is 0.0699. The molecule has 0 radical (unpaired) electrons. The van der Waals surface area contributed by atoms with Crippen molar-refractivity contribution in [3.05, 3.63) is 62.8 Å². The molecule has 32 heavy (non-hydrogen) atoms. The van der Waals surface area contributed by atoms with Crippen LogP contribution in [0.15, 0.2) is 40.9 Å². The highest BCUT2D eigenvalue weighted by molar-refractivity contribution is 9.10. The molecule has 2 aromatic rings. The van der Waals surface area contributed by atoms with E-state index in [1.165, 1.54) is 0 Å². The highest BCUT2D eigenvalue weighted by atomic mass is 79.9. The van der Waals surface area contributed by atoms with E-state index in [4.69, 9.17) is 16.3 Å². The fourth-order valence-electron chi connectivity index (χ4n) is 3.31. The molecule has 0 saturated carbocycles. The lowest BCUT2D eigenvalue weighted by Gasteiger charge is -2.27. The number of carbonyl (C=O) groups is 2. The molecule has 1 unspecified atom stereocenters. The van der Waals surface area contributed by atoms with Gasteiger partial charge in [-0.05, 0) is 66.5 Å². The summed E-state index contributed by atoms with van der Waals surface area (Å²) in [4.78, 5) is 26.7. The van der Waals surface area contributed by atoms with Crippen molar-refractivity contribution in [2.24, 2.45) is 0 Å². The van der Waals surface area contributed by atoms with Gasteiger partial charge in [-0.2, -0.15) is 0 Å². The number of amides is 2. The highest BCUT2D eigenvalue weighted by Gasteiger charge is 2.46. The van der Waals surface area contributed by atoms with Crippen molar-refractivity contribution >= 4 is 45.2 Å². The molecule has 1 atom stereocenters. The number of benzene rings is 2. The molecule has 0 bridgehead atoms. The molecule has 0 spiro atoms. The Bertz CT molecular complexity index is 1040. The minimum Gasteiger partial charge on any atom is -0.444 e. The van der Waals surface area contributed by atoms with Crippen LogP contribution in [0.4, 0.5) is 23.7 Å². The largest absolute Gasteiger partial charge is 0.444 e. The molecule has 2 amide bonds. The van der Waals surface area contributed by atoms with E-state index in [1.807, 2.05) is 0 Å². The van der Waals surface area contributed by atoms with Crippen molar-refractivity contribution in [1.29, 1.82) is 0 Å². The van der Waals surface area contributed by atoms with Crippen LogP contribution in [-0.4, -0.2) is 23.6 Å². The van der Waals surface area contributed by atoms with Gasteiger partial charge in [0, 0.05) is 17.0 Å². The molecule has 2 aromatic carbocycles. The number of nitrogens with one attached hydrogen (secondary N) is 1. The Labute approximate surface area is 197 Å². The lowest BCUT2D eigenvalue weighted by molar-refractivity contribution is -0.123. The van der Waals surface area contributed by atoms with Crippen LogP contribution in [0.2, 0.25) is 5.02 Å².